The van der Waals surface area contributed by atoms with Gasteiger partial charge in [0.15, 0.2) is 27.6 Å². The Kier molecular flexibility index (Phi) is 7.33. The molecule has 0 aliphatic heterocycles. The molecule has 3 rings (SSSR count). The van der Waals surface area contributed by atoms with Gasteiger partial charge >= 0.3 is 0 Å². The van der Waals surface area contributed by atoms with Gasteiger partial charge in [0.2, 0.25) is 5.91 Å². The molecule has 3 aromatic rings. The molecule has 8 nitrogen and oxygen atoms in total. The summed E-state index contributed by atoms with van der Waals surface area (Å²) in [5, 5.41) is 14.0. The van der Waals surface area contributed by atoms with Crippen LogP contribution in [0.1, 0.15) is 30.9 Å². The summed E-state index contributed by atoms with van der Waals surface area (Å²) in [5.41, 5.74) is 1.98. The first-order valence-electron chi connectivity index (χ1n) is 9.51. The zero-order chi connectivity index (χ0) is 21.7. The van der Waals surface area contributed by atoms with Gasteiger partial charge in [0.05, 0.1) is 17.6 Å². The van der Waals surface area contributed by atoms with Crippen LogP contribution in [0.15, 0.2) is 28.7 Å². The summed E-state index contributed by atoms with van der Waals surface area (Å²) < 4.78 is 13.4. The Hall–Kier alpha value is -2.59. The van der Waals surface area contributed by atoms with Crippen LogP contribution in [0.5, 0.6) is 11.5 Å². The van der Waals surface area contributed by atoms with Gasteiger partial charge in [-0.25, -0.2) is 4.98 Å². The predicted octanol–water partition coefficient (Wildman–Crippen LogP) is 3.99. The largest absolute Gasteiger partial charge is 0.490 e. The van der Waals surface area contributed by atoms with E-state index < -0.39 is 0 Å². The number of anilines is 1. The number of hydrogen-bond donors (Lipinski definition) is 1. The Labute approximate surface area is 184 Å². The SMILES string of the molecule is CCOc1cc(C)ccc1OCc1nnc(S[C@H](C)C(=O)Nc2nc(C)cs2)n1C. The molecule has 2 heterocycles. The fourth-order valence-corrected chi connectivity index (χ4v) is 4.07. The van der Waals surface area contributed by atoms with Gasteiger partial charge in [-0.2, -0.15) is 0 Å². The van der Waals surface area contributed by atoms with E-state index in [0.29, 0.717) is 34.2 Å². The molecular weight excluding hydrogens is 422 g/mol. The molecule has 0 bridgehead atoms. The Balaban J connectivity index is 1.61. The van der Waals surface area contributed by atoms with Crippen LogP contribution in [0.2, 0.25) is 0 Å². The third-order valence-corrected chi connectivity index (χ3v) is 6.19. The minimum Gasteiger partial charge on any atom is -0.490 e. The monoisotopic (exact) mass is 447 g/mol. The fraction of sp³-hybridized carbons (Fsp3) is 0.400. The number of benzene rings is 1. The maximum absolute atomic E-state index is 12.4. The summed E-state index contributed by atoms with van der Waals surface area (Å²) in [6.45, 7) is 8.46. The molecule has 1 aromatic carbocycles. The maximum atomic E-state index is 12.4. The summed E-state index contributed by atoms with van der Waals surface area (Å²) in [4.78, 5) is 16.7. The summed E-state index contributed by atoms with van der Waals surface area (Å²) >= 11 is 2.74. The van der Waals surface area contributed by atoms with Crippen LogP contribution in [-0.4, -0.2) is 37.5 Å². The summed E-state index contributed by atoms with van der Waals surface area (Å²) in [6.07, 6.45) is 0. The van der Waals surface area contributed by atoms with Crippen molar-refractivity contribution >= 4 is 34.1 Å². The third kappa shape index (κ3) is 5.51. The predicted molar refractivity (Wildman–Crippen MR) is 118 cm³/mol. The third-order valence-electron chi connectivity index (χ3n) is 4.18. The molecule has 0 spiro atoms. The molecule has 10 heteroatoms. The average Bonchev–Trinajstić information content (AvgIpc) is 3.27. The molecule has 0 saturated heterocycles. The highest BCUT2D eigenvalue weighted by atomic mass is 32.2. The van der Waals surface area contributed by atoms with Crippen LogP contribution in [0.4, 0.5) is 5.13 Å². The van der Waals surface area contributed by atoms with E-state index >= 15 is 0 Å². The van der Waals surface area contributed by atoms with Crippen molar-refractivity contribution in [1.82, 2.24) is 19.7 Å². The Morgan fingerprint density at radius 3 is 2.77 bits per heavy atom. The number of aromatic nitrogens is 4. The van der Waals surface area contributed by atoms with E-state index in [-0.39, 0.29) is 17.8 Å². The van der Waals surface area contributed by atoms with Crippen molar-refractivity contribution in [2.24, 2.45) is 7.05 Å². The van der Waals surface area contributed by atoms with Crippen molar-refractivity contribution in [3.8, 4) is 11.5 Å². The van der Waals surface area contributed by atoms with Crippen LogP contribution in [0.3, 0.4) is 0 Å². The van der Waals surface area contributed by atoms with Crippen LogP contribution in [-0.2, 0) is 18.4 Å². The molecule has 1 N–H and O–H groups in total. The topological polar surface area (TPSA) is 91.2 Å². The minimum absolute atomic E-state index is 0.129. The Morgan fingerprint density at radius 2 is 2.07 bits per heavy atom. The highest BCUT2D eigenvalue weighted by Gasteiger charge is 2.20. The number of rotatable bonds is 9. The van der Waals surface area contributed by atoms with Crippen LogP contribution < -0.4 is 14.8 Å². The normalized spacial score (nSPS) is 11.9. The van der Waals surface area contributed by atoms with Gasteiger partial charge in [0, 0.05) is 12.4 Å². The van der Waals surface area contributed by atoms with Gasteiger partial charge in [-0.05, 0) is 45.4 Å². The number of nitrogens with one attached hydrogen (secondary N) is 1. The summed E-state index contributed by atoms with van der Waals surface area (Å²) in [6, 6.07) is 5.81. The van der Waals surface area contributed by atoms with Gasteiger partial charge in [-0.1, -0.05) is 17.8 Å². The maximum Gasteiger partial charge on any atom is 0.239 e. The van der Waals surface area contributed by atoms with Crippen LogP contribution >= 0.6 is 23.1 Å². The Morgan fingerprint density at radius 1 is 1.27 bits per heavy atom. The average molecular weight is 448 g/mol. The van der Waals surface area contributed by atoms with Crippen molar-refractivity contribution in [3.63, 3.8) is 0 Å². The van der Waals surface area contributed by atoms with Crippen molar-refractivity contribution < 1.29 is 14.3 Å². The molecule has 2 aromatic heterocycles. The number of amides is 1. The lowest BCUT2D eigenvalue weighted by Gasteiger charge is -2.13. The standard InChI is InChI=1S/C20H25N5O3S2/c1-6-27-16-9-12(2)7-8-15(16)28-10-17-23-24-20(25(17)5)30-14(4)18(26)22-19-21-13(3)11-29-19/h7-9,11,14H,6,10H2,1-5H3,(H,21,22,26)/t14-/m1/s1. The zero-order valence-corrected chi connectivity index (χ0v) is 19.3. The Bertz CT molecular complexity index is 1020. The van der Waals surface area contributed by atoms with Gasteiger partial charge in [0.1, 0.15) is 6.61 Å². The van der Waals surface area contributed by atoms with E-state index in [2.05, 4.69) is 20.5 Å². The second kappa shape index (κ2) is 9.94. The molecule has 0 saturated carbocycles. The number of nitrogens with zero attached hydrogens (tertiary/aromatic N) is 4. The van der Waals surface area contributed by atoms with E-state index in [0.717, 1.165) is 11.3 Å². The number of aryl methyl sites for hydroxylation is 2. The number of thioether (sulfide) groups is 1. The minimum atomic E-state index is -0.354. The molecule has 30 heavy (non-hydrogen) atoms. The lowest BCUT2D eigenvalue weighted by molar-refractivity contribution is -0.115. The van der Waals surface area contributed by atoms with Crippen molar-refractivity contribution in [2.45, 2.75) is 44.7 Å². The molecule has 0 unspecified atom stereocenters. The lowest BCUT2D eigenvalue weighted by Crippen LogP contribution is -2.22. The quantitative estimate of drug-likeness (QED) is 0.496. The number of carbonyl (C=O) groups excluding carboxylic acids is 1. The molecule has 160 valence electrons. The van der Waals surface area contributed by atoms with Crippen molar-refractivity contribution in [2.75, 3.05) is 11.9 Å². The van der Waals surface area contributed by atoms with E-state index in [4.69, 9.17) is 9.47 Å². The fourth-order valence-electron chi connectivity index (χ4n) is 2.55. The highest BCUT2D eigenvalue weighted by Crippen LogP contribution is 2.29. The van der Waals surface area contributed by atoms with Crippen LogP contribution in [0, 0.1) is 13.8 Å². The first kappa shape index (κ1) is 22.1. The first-order valence-corrected chi connectivity index (χ1v) is 11.3. The second-order valence-corrected chi connectivity index (χ2v) is 8.84. The van der Waals surface area contributed by atoms with Gasteiger partial charge in [-0.3, -0.25) is 4.79 Å². The molecule has 0 aliphatic rings. The summed E-state index contributed by atoms with van der Waals surface area (Å²) in [7, 11) is 1.86. The van der Waals surface area contributed by atoms with Crippen LogP contribution in [0.25, 0.3) is 0 Å². The van der Waals surface area contributed by atoms with Gasteiger partial charge in [-0.15, -0.1) is 21.5 Å². The zero-order valence-electron chi connectivity index (χ0n) is 17.6. The summed E-state index contributed by atoms with van der Waals surface area (Å²) in [5.74, 6) is 1.89. The van der Waals surface area contributed by atoms with E-state index in [1.165, 1.54) is 23.1 Å². The molecule has 0 fully saturated rings. The number of carbonyl (C=O) groups is 1. The van der Waals surface area contributed by atoms with E-state index in [1.54, 1.807) is 0 Å². The molecule has 0 aliphatic carbocycles. The highest BCUT2D eigenvalue weighted by molar-refractivity contribution is 8.00. The molecular formula is C20H25N5O3S2. The first-order chi connectivity index (χ1) is 14.4. The van der Waals surface area contributed by atoms with Crippen molar-refractivity contribution in [1.29, 1.82) is 0 Å². The smallest absolute Gasteiger partial charge is 0.239 e. The number of hydrogen-bond acceptors (Lipinski definition) is 8. The molecule has 0 radical (unpaired) electrons. The van der Waals surface area contributed by atoms with E-state index in [1.807, 2.05) is 62.9 Å². The second-order valence-electron chi connectivity index (χ2n) is 6.67. The lowest BCUT2D eigenvalue weighted by atomic mass is 10.2. The number of ether oxygens (including phenoxy) is 2. The van der Waals surface area contributed by atoms with E-state index in [9.17, 15) is 4.79 Å². The molecule has 1 amide bonds. The van der Waals surface area contributed by atoms with Gasteiger partial charge < -0.3 is 19.4 Å². The molecule has 1 atom stereocenters. The number of thiazole rings is 1. The van der Waals surface area contributed by atoms with Crippen molar-refractivity contribution in [3.05, 3.63) is 40.7 Å². The van der Waals surface area contributed by atoms with Gasteiger partial charge in [0.25, 0.3) is 0 Å².